The average molecular weight is 287 g/mol. The van der Waals surface area contributed by atoms with E-state index in [4.69, 9.17) is 0 Å². The Morgan fingerprint density at radius 1 is 1.38 bits per heavy atom. The summed E-state index contributed by atoms with van der Waals surface area (Å²) in [6.07, 6.45) is 1.32. The van der Waals surface area contributed by atoms with Crippen LogP contribution in [0.2, 0.25) is 0 Å². The minimum Gasteiger partial charge on any atom is -0.367 e. The summed E-state index contributed by atoms with van der Waals surface area (Å²) < 4.78 is 0. The highest BCUT2D eigenvalue weighted by molar-refractivity contribution is 5.69. The first-order chi connectivity index (χ1) is 10.0. The predicted molar refractivity (Wildman–Crippen MR) is 81.5 cm³/mol. The van der Waals surface area contributed by atoms with Crippen molar-refractivity contribution in [3.8, 4) is 0 Å². The van der Waals surface area contributed by atoms with Crippen LogP contribution in [0.3, 0.4) is 0 Å². The number of anilines is 2. The molecule has 2 rings (SSSR count). The highest BCUT2D eigenvalue weighted by Crippen LogP contribution is 2.31. The van der Waals surface area contributed by atoms with Crippen LogP contribution in [0.5, 0.6) is 0 Å². The van der Waals surface area contributed by atoms with Crippen molar-refractivity contribution in [1.29, 1.82) is 0 Å². The van der Waals surface area contributed by atoms with Crippen molar-refractivity contribution < 1.29 is 4.92 Å². The molecule has 0 aliphatic heterocycles. The molecule has 21 heavy (non-hydrogen) atoms. The zero-order valence-corrected chi connectivity index (χ0v) is 12.2. The van der Waals surface area contributed by atoms with Gasteiger partial charge in [0.25, 0.3) is 0 Å². The fourth-order valence-electron chi connectivity index (χ4n) is 2.16. The van der Waals surface area contributed by atoms with Crippen LogP contribution in [0.4, 0.5) is 17.3 Å². The van der Waals surface area contributed by atoms with Crippen LogP contribution in [-0.4, -0.2) is 29.0 Å². The van der Waals surface area contributed by atoms with Gasteiger partial charge in [0.15, 0.2) is 0 Å². The summed E-state index contributed by atoms with van der Waals surface area (Å²) in [6.45, 7) is 2.54. The average Bonchev–Trinajstić information content (AvgIpc) is 2.46. The summed E-state index contributed by atoms with van der Waals surface area (Å²) in [7, 11) is 3.37. The molecule has 0 saturated carbocycles. The molecule has 0 amide bonds. The second-order valence-electron chi connectivity index (χ2n) is 4.75. The van der Waals surface area contributed by atoms with Crippen LogP contribution in [0.15, 0.2) is 30.6 Å². The zero-order chi connectivity index (χ0) is 15.4. The molecule has 0 radical (unpaired) electrons. The molecule has 7 nitrogen and oxygen atoms in total. The van der Waals surface area contributed by atoms with Crippen molar-refractivity contribution in [2.45, 2.75) is 13.5 Å². The first-order valence-corrected chi connectivity index (χ1v) is 6.46. The van der Waals surface area contributed by atoms with Gasteiger partial charge in [0.05, 0.1) is 4.92 Å². The molecule has 0 atom stereocenters. The van der Waals surface area contributed by atoms with Gasteiger partial charge in [-0.25, -0.2) is 9.97 Å². The molecule has 1 N–H and O–H groups in total. The van der Waals surface area contributed by atoms with Crippen LogP contribution in [0.25, 0.3) is 0 Å². The first kappa shape index (κ1) is 14.7. The van der Waals surface area contributed by atoms with E-state index in [9.17, 15) is 10.1 Å². The molecule has 0 saturated heterocycles. The fraction of sp³-hybridized carbons (Fsp3) is 0.286. The van der Waals surface area contributed by atoms with E-state index in [1.54, 1.807) is 19.0 Å². The summed E-state index contributed by atoms with van der Waals surface area (Å²) >= 11 is 0. The van der Waals surface area contributed by atoms with Crippen LogP contribution in [-0.2, 0) is 6.54 Å². The lowest BCUT2D eigenvalue weighted by Crippen LogP contribution is -2.20. The number of nitrogens with zero attached hydrogens (tertiary/aromatic N) is 4. The largest absolute Gasteiger partial charge is 0.367 e. The van der Waals surface area contributed by atoms with E-state index in [1.165, 1.54) is 6.33 Å². The van der Waals surface area contributed by atoms with Gasteiger partial charge in [-0.05, 0) is 12.5 Å². The Bertz CT molecular complexity index is 660. The SMILES string of the molecule is CNc1ncnc(N(C)Cc2cccc(C)c2)c1[N+](=O)[O-]. The molecule has 0 bridgehead atoms. The Morgan fingerprint density at radius 2 is 2.14 bits per heavy atom. The van der Waals surface area contributed by atoms with E-state index in [0.717, 1.165) is 11.1 Å². The van der Waals surface area contributed by atoms with Gasteiger partial charge in [0.2, 0.25) is 11.6 Å². The number of rotatable bonds is 5. The van der Waals surface area contributed by atoms with Gasteiger partial charge in [-0.2, -0.15) is 0 Å². The van der Waals surface area contributed by atoms with Gasteiger partial charge in [0, 0.05) is 20.6 Å². The Labute approximate surface area is 122 Å². The van der Waals surface area contributed by atoms with Gasteiger partial charge in [0.1, 0.15) is 6.33 Å². The summed E-state index contributed by atoms with van der Waals surface area (Å²) in [6, 6.07) is 8.00. The summed E-state index contributed by atoms with van der Waals surface area (Å²) in [5.74, 6) is 0.502. The molecule has 0 fully saturated rings. The highest BCUT2D eigenvalue weighted by Gasteiger charge is 2.24. The third-order valence-electron chi connectivity index (χ3n) is 3.09. The number of aromatic nitrogens is 2. The molecule has 1 heterocycles. The predicted octanol–water partition coefficient (Wildman–Crippen LogP) is 2.37. The maximum atomic E-state index is 11.3. The molecule has 0 aliphatic rings. The number of nitrogens with one attached hydrogen (secondary N) is 1. The lowest BCUT2D eigenvalue weighted by atomic mass is 10.1. The summed E-state index contributed by atoms with van der Waals surface area (Å²) in [5.41, 5.74) is 2.10. The lowest BCUT2D eigenvalue weighted by Gasteiger charge is -2.18. The Kier molecular flexibility index (Phi) is 4.32. The number of hydrogen-bond acceptors (Lipinski definition) is 6. The van der Waals surface area contributed by atoms with Crippen LogP contribution in [0.1, 0.15) is 11.1 Å². The third kappa shape index (κ3) is 3.25. The maximum absolute atomic E-state index is 11.3. The number of benzene rings is 1. The third-order valence-corrected chi connectivity index (χ3v) is 3.09. The van der Waals surface area contributed by atoms with E-state index in [0.29, 0.717) is 12.4 Å². The number of hydrogen-bond donors (Lipinski definition) is 1. The van der Waals surface area contributed by atoms with Crippen LogP contribution < -0.4 is 10.2 Å². The minimum absolute atomic E-state index is 0.116. The van der Waals surface area contributed by atoms with E-state index >= 15 is 0 Å². The molecular weight excluding hydrogens is 270 g/mol. The van der Waals surface area contributed by atoms with E-state index in [-0.39, 0.29) is 11.5 Å². The minimum atomic E-state index is -0.464. The molecule has 0 unspecified atom stereocenters. The second-order valence-corrected chi connectivity index (χ2v) is 4.75. The van der Waals surface area contributed by atoms with E-state index < -0.39 is 4.92 Å². The van der Waals surface area contributed by atoms with Gasteiger partial charge in [-0.15, -0.1) is 0 Å². The van der Waals surface area contributed by atoms with Crippen molar-refractivity contribution in [3.05, 3.63) is 51.8 Å². The second kappa shape index (κ2) is 6.17. The van der Waals surface area contributed by atoms with Crippen molar-refractivity contribution in [1.82, 2.24) is 9.97 Å². The quantitative estimate of drug-likeness (QED) is 0.671. The standard InChI is InChI=1S/C14H17N5O2/c1-10-5-4-6-11(7-10)8-18(3)14-12(19(20)21)13(15-2)16-9-17-14/h4-7,9H,8H2,1-3H3,(H,15,16,17). The van der Waals surface area contributed by atoms with Crippen LogP contribution >= 0.6 is 0 Å². The highest BCUT2D eigenvalue weighted by atomic mass is 16.6. The molecule has 0 aliphatic carbocycles. The molecule has 1 aromatic heterocycles. The normalized spacial score (nSPS) is 10.2. The lowest BCUT2D eigenvalue weighted by molar-refractivity contribution is -0.383. The summed E-state index contributed by atoms with van der Waals surface area (Å²) in [5, 5.41) is 14.0. The zero-order valence-electron chi connectivity index (χ0n) is 12.2. The van der Waals surface area contributed by atoms with Crippen molar-refractivity contribution in [2.24, 2.45) is 0 Å². The first-order valence-electron chi connectivity index (χ1n) is 6.46. The topological polar surface area (TPSA) is 84.2 Å². The van der Waals surface area contributed by atoms with Gasteiger partial charge in [-0.1, -0.05) is 29.8 Å². The Balaban J connectivity index is 2.35. The molecular formula is C14H17N5O2. The Hall–Kier alpha value is -2.70. The van der Waals surface area contributed by atoms with Crippen LogP contribution in [0, 0.1) is 17.0 Å². The monoisotopic (exact) mass is 287 g/mol. The van der Waals surface area contributed by atoms with Gasteiger partial charge >= 0.3 is 5.69 Å². The number of aryl methyl sites for hydroxylation is 1. The van der Waals surface area contributed by atoms with Gasteiger partial charge < -0.3 is 10.2 Å². The smallest absolute Gasteiger partial charge is 0.353 e. The van der Waals surface area contributed by atoms with E-state index in [2.05, 4.69) is 15.3 Å². The summed E-state index contributed by atoms with van der Waals surface area (Å²) in [4.78, 5) is 20.5. The molecule has 7 heteroatoms. The fourth-order valence-corrected chi connectivity index (χ4v) is 2.16. The Morgan fingerprint density at radius 3 is 2.76 bits per heavy atom. The number of nitro groups is 1. The van der Waals surface area contributed by atoms with E-state index in [1.807, 2.05) is 31.2 Å². The van der Waals surface area contributed by atoms with Crippen molar-refractivity contribution >= 4 is 17.3 Å². The molecule has 0 spiro atoms. The molecule has 1 aromatic carbocycles. The van der Waals surface area contributed by atoms with Crippen molar-refractivity contribution in [3.63, 3.8) is 0 Å². The maximum Gasteiger partial charge on any atom is 0.353 e. The molecule has 2 aromatic rings. The van der Waals surface area contributed by atoms with Crippen molar-refractivity contribution in [2.75, 3.05) is 24.3 Å². The van der Waals surface area contributed by atoms with Gasteiger partial charge in [-0.3, -0.25) is 10.1 Å². The molecule has 110 valence electrons.